The van der Waals surface area contributed by atoms with Crippen LogP contribution in [0.2, 0.25) is 0 Å². The molecule has 4 rings (SSSR count). The number of carbonyl (C=O) groups excluding carboxylic acids is 2. The predicted octanol–water partition coefficient (Wildman–Crippen LogP) is 4.20. The molecular formula is C26H31NO5S. The molecule has 6 nitrogen and oxygen atoms in total. The summed E-state index contributed by atoms with van der Waals surface area (Å²) in [5, 5.41) is 2.98. The first-order chi connectivity index (χ1) is 15.7. The molecule has 1 N–H and O–H groups in total. The number of carbonyl (C=O) groups is 2. The number of hydrogen-bond acceptors (Lipinski definition) is 5. The Kier molecular flexibility index (Phi) is 6.61. The Morgan fingerprint density at radius 3 is 2.36 bits per heavy atom. The van der Waals surface area contributed by atoms with E-state index in [-0.39, 0.29) is 23.8 Å². The van der Waals surface area contributed by atoms with Crippen LogP contribution in [0.4, 0.5) is 0 Å². The molecule has 176 valence electrons. The van der Waals surface area contributed by atoms with Gasteiger partial charge in [0.15, 0.2) is 21.2 Å². The molecule has 1 unspecified atom stereocenters. The highest BCUT2D eigenvalue weighted by atomic mass is 32.2. The fourth-order valence-electron chi connectivity index (χ4n) is 4.78. The fraction of sp³-hybridized carbons (Fsp3) is 0.462. The topological polar surface area (TPSA) is 89.5 Å². The van der Waals surface area contributed by atoms with Crippen LogP contribution in [0, 0.1) is 19.8 Å². The zero-order valence-electron chi connectivity index (χ0n) is 19.2. The van der Waals surface area contributed by atoms with Gasteiger partial charge in [-0.2, -0.15) is 0 Å². The van der Waals surface area contributed by atoms with Gasteiger partial charge in [-0.15, -0.1) is 0 Å². The Morgan fingerprint density at radius 1 is 1.06 bits per heavy atom. The minimum atomic E-state index is -3.98. The first-order valence-electron chi connectivity index (χ1n) is 11.6. The monoisotopic (exact) mass is 469 g/mol. The Hall–Kier alpha value is -2.67. The average molecular weight is 470 g/mol. The lowest BCUT2D eigenvalue weighted by atomic mass is 10.0. The lowest BCUT2D eigenvalue weighted by Crippen LogP contribution is -2.46. The zero-order valence-corrected chi connectivity index (χ0v) is 20.0. The van der Waals surface area contributed by atoms with Gasteiger partial charge in [0.1, 0.15) is 0 Å². The Morgan fingerprint density at radius 2 is 1.73 bits per heavy atom. The lowest BCUT2D eigenvalue weighted by Gasteiger charge is -2.27. The van der Waals surface area contributed by atoms with E-state index in [9.17, 15) is 18.0 Å². The van der Waals surface area contributed by atoms with Crippen molar-refractivity contribution >= 4 is 21.7 Å². The van der Waals surface area contributed by atoms with Gasteiger partial charge in [-0.25, -0.2) is 8.42 Å². The van der Waals surface area contributed by atoms with Gasteiger partial charge < -0.3 is 10.1 Å². The molecule has 2 aromatic rings. The molecule has 2 aliphatic carbocycles. The summed E-state index contributed by atoms with van der Waals surface area (Å²) in [5.41, 5.74) is 2.43. The normalized spacial score (nSPS) is 18.5. The smallest absolute Gasteiger partial charge is 0.328 e. The molecule has 0 spiro atoms. The number of aryl methyl sites for hydroxylation is 2. The van der Waals surface area contributed by atoms with Crippen molar-refractivity contribution in [3.05, 3.63) is 65.2 Å². The third-order valence-corrected chi connectivity index (χ3v) is 9.46. The Balaban J connectivity index is 1.49. The van der Waals surface area contributed by atoms with Gasteiger partial charge >= 0.3 is 5.97 Å². The highest BCUT2D eigenvalue weighted by Gasteiger charge is 2.54. The van der Waals surface area contributed by atoms with Gasteiger partial charge in [-0.05, 0) is 68.2 Å². The minimum absolute atomic E-state index is 0.128. The average Bonchev–Trinajstić information content (AvgIpc) is 3.52. The molecule has 2 fully saturated rings. The van der Waals surface area contributed by atoms with Crippen molar-refractivity contribution in [2.24, 2.45) is 5.92 Å². The number of ether oxygens (including phenoxy) is 1. The summed E-state index contributed by atoms with van der Waals surface area (Å²) in [5.74, 6) is -0.863. The molecule has 1 atom stereocenters. The molecule has 7 heteroatoms. The van der Waals surface area contributed by atoms with Crippen LogP contribution >= 0.6 is 0 Å². The first kappa shape index (κ1) is 23.5. The number of rotatable bonds is 8. The second-order valence-electron chi connectivity index (χ2n) is 9.34. The Labute approximate surface area is 195 Å². The quantitative estimate of drug-likeness (QED) is 0.585. The molecule has 0 aliphatic heterocycles. The van der Waals surface area contributed by atoms with Crippen LogP contribution in [-0.2, 0) is 24.2 Å². The van der Waals surface area contributed by atoms with Gasteiger partial charge in [-0.3, -0.25) is 9.59 Å². The van der Waals surface area contributed by atoms with E-state index in [1.807, 2.05) is 43.3 Å². The van der Waals surface area contributed by atoms with E-state index in [4.69, 9.17) is 4.74 Å². The van der Waals surface area contributed by atoms with E-state index >= 15 is 0 Å². The summed E-state index contributed by atoms with van der Waals surface area (Å²) < 4.78 is 31.1. The minimum Gasteiger partial charge on any atom is -0.454 e. The highest BCUT2D eigenvalue weighted by Crippen LogP contribution is 2.43. The van der Waals surface area contributed by atoms with E-state index in [0.717, 1.165) is 24.0 Å². The van der Waals surface area contributed by atoms with Crippen LogP contribution in [0.15, 0.2) is 53.4 Å². The summed E-state index contributed by atoms with van der Waals surface area (Å²) in [6.45, 7) is 3.07. The number of esters is 1. The van der Waals surface area contributed by atoms with Crippen molar-refractivity contribution in [2.45, 2.75) is 68.1 Å². The van der Waals surface area contributed by atoms with Crippen molar-refractivity contribution in [3.8, 4) is 0 Å². The van der Waals surface area contributed by atoms with Crippen LogP contribution in [-0.4, -0.2) is 31.6 Å². The molecule has 0 saturated heterocycles. The van der Waals surface area contributed by atoms with E-state index in [2.05, 4.69) is 5.32 Å². The molecule has 0 heterocycles. The maximum atomic E-state index is 13.7. The standard InChI is InChI=1S/C26H31NO5S/c1-18-10-11-19(2)22(16-18)33(30,31)26(14-6-7-15-26)25(29)32-17-23(28)27-24(21-12-13-21)20-8-4-3-5-9-20/h3-5,8-11,16,21,24H,6-7,12-15,17H2,1-2H3,(H,27,28). The zero-order chi connectivity index (χ0) is 23.6. The summed E-state index contributed by atoms with van der Waals surface area (Å²) >= 11 is 0. The van der Waals surface area contributed by atoms with Crippen molar-refractivity contribution in [3.63, 3.8) is 0 Å². The summed E-state index contributed by atoms with van der Waals surface area (Å²) in [7, 11) is -3.98. The van der Waals surface area contributed by atoms with Gasteiger partial charge in [0.2, 0.25) is 0 Å². The van der Waals surface area contributed by atoms with Crippen LogP contribution < -0.4 is 5.32 Å². The summed E-state index contributed by atoms with van der Waals surface area (Å²) in [4.78, 5) is 26.0. The largest absolute Gasteiger partial charge is 0.454 e. The van der Waals surface area contributed by atoms with E-state index in [1.165, 1.54) is 0 Å². The highest BCUT2D eigenvalue weighted by molar-refractivity contribution is 7.93. The van der Waals surface area contributed by atoms with Gasteiger partial charge in [-0.1, -0.05) is 55.3 Å². The van der Waals surface area contributed by atoms with Gasteiger partial charge in [0.05, 0.1) is 10.9 Å². The van der Waals surface area contributed by atoms with E-state index in [1.54, 1.807) is 19.1 Å². The molecule has 0 bridgehead atoms. The van der Waals surface area contributed by atoms with Crippen LogP contribution in [0.25, 0.3) is 0 Å². The summed E-state index contributed by atoms with van der Waals surface area (Å²) in [6, 6.07) is 14.8. The number of nitrogens with one attached hydrogen (secondary N) is 1. The van der Waals surface area contributed by atoms with Crippen molar-refractivity contribution < 1.29 is 22.7 Å². The number of amides is 1. The second-order valence-corrected chi connectivity index (χ2v) is 11.6. The number of sulfone groups is 1. The third-order valence-electron chi connectivity index (χ3n) is 6.83. The molecule has 0 radical (unpaired) electrons. The van der Waals surface area contributed by atoms with Crippen molar-refractivity contribution in [1.82, 2.24) is 5.32 Å². The Bertz CT molecular complexity index is 1130. The van der Waals surface area contributed by atoms with Gasteiger partial charge in [0, 0.05) is 0 Å². The second kappa shape index (κ2) is 9.29. The molecule has 2 aromatic carbocycles. The predicted molar refractivity (Wildman–Crippen MR) is 125 cm³/mol. The maximum absolute atomic E-state index is 13.7. The SMILES string of the molecule is Cc1ccc(C)c(S(=O)(=O)C2(C(=O)OCC(=O)NC(c3ccccc3)C3CC3)CCCC2)c1. The molecule has 1 amide bonds. The molecule has 0 aromatic heterocycles. The van der Waals surface area contributed by atoms with Crippen molar-refractivity contribution in [1.29, 1.82) is 0 Å². The maximum Gasteiger partial charge on any atom is 0.328 e. The van der Waals surface area contributed by atoms with Gasteiger partial charge in [0.25, 0.3) is 5.91 Å². The third kappa shape index (κ3) is 4.69. The number of hydrogen-bond donors (Lipinski definition) is 1. The van der Waals surface area contributed by atoms with E-state index < -0.39 is 33.1 Å². The first-order valence-corrected chi connectivity index (χ1v) is 13.1. The molecule has 2 saturated carbocycles. The fourth-order valence-corrected chi connectivity index (χ4v) is 7.14. The molecular weight excluding hydrogens is 438 g/mol. The van der Waals surface area contributed by atoms with Crippen LogP contribution in [0.1, 0.15) is 61.3 Å². The van der Waals surface area contributed by atoms with Crippen LogP contribution in [0.3, 0.4) is 0 Å². The number of benzene rings is 2. The summed E-state index contributed by atoms with van der Waals surface area (Å²) in [6.07, 6.45) is 3.75. The van der Waals surface area contributed by atoms with Crippen molar-refractivity contribution in [2.75, 3.05) is 6.61 Å². The van der Waals surface area contributed by atoms with E-state index in [0.29, 0.717) is 24.3 Å². The van der Waals surface area contributed by atoms with Crippen LogP contribution in [0.5, 0.6) is 0 Å². The molecule has 33 heavy (non-hydrogen) atoms. The lowest BCUT2D eigenvalue weighted by molar-refractivity contribution is -0.151. The molecule has 2 aliphatic rings.